The largest absolute Gasteiger partial charge is 0.349 e. The van der Waals surface area contributed by atoms with Gasteiger partial charge in [-0.15, -0.1) is 0 Å². The molecule has 166 valence electrons. The monoisotopic (exact) mass is 469 g/mol. The first-order chi connectivity index (χ1) is 18.4. The molecule has 2 aliphatic rings. The number of nitrogens with zero attached hydrogens (tertiary/aromatic N) is 1. The molecule has 2 heterocycles. The molecule has 0 radical (unpaired) electrons. The number of fused-ring (bicyclic) bond motifs is 1. The van der Waals surface area contributed by atoms with Crippen LogP contribution in [0.1, 0.15) is 49.5 Å². The molecule has 0 aromatic heterocycles. The summed E-state index contributed by atoms with van der Waals surface area (Å²) >= 11 is 5.67. The zero-order chi connectivity index (χ0) is 30.1. The standard InChI is InChI=1S/C22H18ClF2N3O4/c23-15-4-2-14(3-5-15)22(24,25)21(32)26-10-12-1-6-16-13(9-12)11-28(20(16)31)17-7-8-18(29)27-19(17)30/h1-6,9,17H,7-8,10-11H2,(H,26,32)(H,27,29,30)/i1D,6D,9D,10D2,11D2/hD. The highest BCUT2D eigenvalue weighted by Gasteiger charge is 2.41. The highest BCUT2D eigenvalue weighted by Crippen LogP contribution is 2.30. The molecule has 7 nitrogen and oxygen atoms in total. The van der Waals surface area contributed by atoms with Gasteiger partial charge in [0.1, 0.15) is 6.04 Å². The normalized spacial score (nSPS) is 24.0. The Morgan fingerprint density at radius 1 is 1.34 bits per heavy atom. The molecule has 2 aromatic carbocycles. The van der Waals surface area contributed by atoms with Crippen LogP contribution in [0.4, 0.5) is 8.78 Å². The zero-order valence-corrected chi connectivity index (χ0v) is 16.7. The number of rotatable bonds is 5. The molecule has 1 fully saturated rings. The van der Waals surface area contributed by atoms with E-state index in [9.17, 15) is 28.0 Å². The molecule has 2 N–H and O–H groups in total. The summed E-state index contributed by atoms with van der Waals surface area (Å²) < 4.78 is 96.5. The van der Waals surface area contributed by atoms with Crippen molar-refractivity contribution in [1.29, 1.82) is 0 Å². The van der Waals surface area contributed by atoms with E-state index in [0.717, 1.165) is 24.3 Å². The van der Waals surface area contributed by atoms with Gasteiger partial charge in [-0.25, -0.2) is 0 Å². The molecule has 0 spiro atoms. The minimum atomic E-state index is -4.47. The second-order valence-electron chi connectivity index (χ2n) is 6.86. The molecule has 2 aromatic rings. The van der Waals surface area contributed by atoms with Crippen molar-refractivity contribution in [3.8, 4) is 0 Å². The average Bonchev–Trinajstić information content (AvgIpc) is 3.07. The average molecular weight is 470 g/mol. The maximum Gasteiger partial charge on any atom is 0.349 e. The Bertz CT molecular complexity index is 1480. The van der Waals surface area contributed by atoms with Crippen LogP contribution in [0, 0.1) is 0 Å². The van der Waals surface area contributed by atoms with Crippen LogP contribution in [0.5, 0.6) is 0 Å². The Balaban J connectivity index is 1.82. The van der Waals surface area contributed by atoms with E-state index >= 15 is 0 Å². The maximum absolute atomic E-state index is 14.9. The second kappa shape index (κ2) is 8.31. The first-order valence-electron chi connectivity index (χ1n) is 13.1. The summed E-state index contributed by atoms with van der Waals surface area (Å²) in [5.74, 6) is -9.88. The molecule has 10 heteroatoms. The third-order valence-corrected chi connectivity index (χ3v) is 5.00. The van der Waals surface area contributed by atoms with Crippen molar-refractivity contribution in [2.75, 3.05) is 0 Å². The Morgan fingerprint density at radius 2 is 2.06 bits per heavy atom. The SMILES string of the molecule is [2H]c1c([2H])c(C([2H])([2H])N([2H])C(=O)C(F)(F)c2ccc(Cl)cc2)c([2H])c2c1C(=O)N(C1CCC(=O)NC1=O)C2([2H])[2H]. The topological polar surface area (TPSA) is 95.6 Å². The molecule has 1 atom stereocenters. The number of hydrogen-bond acceptors (Lipinski definition) is 4. The van der Waals surface area contributed by atoms with Gasteiger partial charge in [-0.1, -0.05) is 35.8 Å². The van der Waals surface area contributed by atoms with E-state index in [0.29, 0.717) is 4.90 Å². The lowest BCUT2D eigenvalue weighted by atomic mass is 10.0. The van der Waals surface area contributed by atoms with Crippen LogP contribution in [0.2, 0.25) is 6.43 Å². The summed E-state index contributed by atoms with van der Waals surface area (Å²) in [6.45, 7) is -6.77. The molecular formula is C22H18ClF2N3O4. The van der Waals surface area contributed by atoms with Crippen molar-refractivity contribution in [2.24, 2.45) is 0 Å². The fourth-order valence-electron chi connectivity index (χ4n) is 3.11. The van der Waals surface area contributed by atoms with Crippen molar-refractivity contribution in [2.45, 2.75) is 37.8 Å². The lowest BCUT2D eigenvalue weighted by Gasteiger charge is -2.29. The van der Waals surface area contributed by atoms with Crippen LogP contribution in [0.3, 0.4) is 0 Å². The summed E-state index contributed by atoms with van der Waals surface area (Å²) in [5.41, 5.74) is -4.04. The number of imide groups is 1. The number of halogens is 3. The lowest BCUT2D eigenvalue weighted by Crippen LogP contribution is -2.52. The molecule has 4 rings (SSSR count). The van der Waals surface area contributed by atoms with Crippen LogP contribution in [0.25, 0.3) is 0 Å². The highest BCUT2D eigenvalue weighted by molar-refractivity contribution is 6.30. The van der Waals surface area contributed by atoms with Crippen LogP contribution in [-0.2, 0) is 33.3 Å². The molecule has 32 heavy (non-hydrogen) atoms. The fourth-order valence-corrected chi connectivity index (χ4v) is 3.23. The Labute approximate surface area is 198 Å². The van der Waals surface area contributed by atoms with Crippen molar-refractivity contribution < 1.29 is 39.0 Å². The van der Waals surface area contributed by atoms with Crippen LogP contribution >= 0.6 is 11.6 Å². The highest BCUT2D eigenvalue weighted by atomic mass is 35.5. The minimum Gasteiger partial charge on any atom is -0.346 e. The Morgan fingerprint density at radius 3 is 2.75 bits per heavy atom. The quantitative estimate of drug-likeness (QED) is 0.658. The van der Waals surface area contributed by atoms with Crippen LogP contribution in [-0.4, -0.2) is 34.6 Å². The summed E-state index contributed by atoms with van der Waals surface area (Å²) in [5, 5.41) is 1.19. The summed E-state index contributed by atoms with van der Waals surface area (Å²) in [6.07, 6.45) is -0.565. The van der Waals surface area contributed by atoms with Gasteiger partial charge in [0.2, 0.25) is 11.8 Å². The van der Waals surface area contributed by atoms with Crippen molar-refractivity contribution in [3.05, 3.63) is 69.7 Å². The van der Waals surface area contributed by atoms with Gasteiger partial charge < -0.3 is 10.2 Å². The van der Waals surface area contributed by atoms with Gasteiger partial charge in [-0.05, 0) is 35.7 Å². The van der Waals surface area contributed by atoms with Crippen molar-refractivity contribution in [3.63, 3.8) is 0 Å². The lowest BCUT2D eigenvalue weighted by molar-refractivity contribution is -0.147. The third-order valence-electron chi connectivity index (χ3n) is 4.74. The predicted octanol–water partition coefficient (Wildman–Crippen LogP) is 2.51. The molecular weight excluding hydrogens is 444 g/mol. The van der Waals surface area contributed by atoms with E-state index in [2.05, 4.69) is 0 Å². The molecule has 0 aliphatic carbocycles. The van der Waals surface area contributed by atoms with Crippen molar-refractivity contribution in [1.82, 2.24) is 15.5 Å². The number of benzene rings is 2. The van der Waals surface area contributed by atoms with Gasteiger partial charge in [0.05, 0.1) is 9.60 Å². The van der Waals surface area contributed by atoms with E-state index in [-0.39, 0.29) is 17.9 Å². The van der Waals surface area contributed by atoms with E-state index in [1.165, 1.54) is 0 Å². The Kier molecular flexibility index (Phi) is 3.62. The number of nitrogens with one attached hydrogen (secondary N) is 2. The molecule has 0 saturated carbocycles. The van der Waals surface area contributed by atoms with E-state index in [1.54, 1.807) is 0 Å². The van der Waals surface area contributed by atoms with E-state index in [1.807, 2.05) is 5.32 Å². The Hall–Kier alpha value is -3.33. The number of alkyl halides is 2. The smallest absolute Gasteiger partial charge is 0.346 e. The summed E-state index contributed by atoms with van der Waals surface area (Å²) in [6, 6.07) is -1.54. The number of carbonyl (C=O) groups is 4. The van der Waals surface area contributed by atoms with Crippen molar-refractivity contribution >= 4 is 35.2 Å². The van der Waals surface area contributed by atoms with Gasteiger partial charge in [0.25, 0.3) is 11.8 Å². The molecule has 2 aliphatic heterocycles. The van der Waals surface area contributed by atoms with Gasteiger partial charge in [0, 0.05) is 35.6 Å². The number of amides is 4. The third kappa shape index (κ3) is 4.08. The van der Waals surface area contributed by atoms with Gasteiger partial charge >= 0.3 is 5.92 Å². The second-order valence-corrected chi connectivity index (χ2v) is 7.30. The van der Waals surface area contributed by atoms with E-state index < -0.39 is 94.3 Å². The first kappa shape index (κ1) is 13.9. The number of piperidine rings is 1. The maximum atomic E-state index is 14.9. The van der Waals surface area contributed by atoms with Crippen LogP contribution < -0.4 is 10.6 Å². The fraction of sp³-hybridized carbons (Fsp3) is 0.273. The first-order valence-corrected chi connectivity index (χ1v) is 9.54. The minimum absolute atomic E-state index is 0.0547. The van der Waals surface area contributed by atoms with Gasteiger partial charge in [-0.3, -0.25) is 24.5 Å². The predicted molar refractivity (Wildman–Crippen MR) is 110 cm³/mol. The van der Waals surface area contributed by atoms with Gasteiger partial charge in [-0.2, -0.15) is 8.78 Å². The summed E-state index contributed by atoms with van der Waals surface area (Å²) in [4.78, 5) is 50.2. The van der Waals surface area contributed by atoms with E-state index in [4.69, 9.17) is 22.6 Å². The number of hydrogen-bond donors (Lipinski definition) is 2. The summed E-state index contributed by atoms with van der Waals surface area (Å²) in [7, 11) is 0. The number of carbonyl (C=O) groups excluding carboxylic acids is 4. The van der Waals surface area contributed by atoms with Crippen LogP contribution in [0.15, 0.2) is 42.4 Å². The molecule has 1 unspecified atom stereocenters. The molecule has 1 saturated heterocycles. The molecule has 4 amide bonds. The van der Waals surface area contributed by atoms with Gasteiger partial charge in [0.15, 0.2) is 1.41 Å². The molecule has 0 bridgehead atoms. The zero-order valence-electron chi connectivity index (χ0n) is 24.0.